The number of amides is 1. The van der Waals surface area contributed by atoms with Gasteiger partial charge in [-0.1, -0.05) is 12.8 Å². The average molecular weight is 301 g/mol. The lowest BCUT2D eigenvalue weighted by atomic mass is 9.93. The van der Waals surface area contributed by atoms with Crippen molar-refractivity contribution < 1.29 is 13.2 Å². The molecule has 1 amide bonds. The van der Waals surface area contributed by atoms with Crippen molar-refractivity contribution in [1.82, 2.24) is 4.90 Å². The molecule has 0 N–H and O–H groups in total. The number of carbonyl (C=O) groups is 1. The molecule has 2 atom stereocenters. The number of hydrogen-bond donors (Lipinski definition) is 0. The van der Waals surface area contributed by atoms with E-state index in [2.05, 4.69) is 0 Å². The minimum Gasteiger partial charge on any atom is -0.337 e. The monoisotopic (exact) mass is 301 g/mol. The Morgan fingerprint density at radius 3 is 2.63 bits per heavy atom. The highest BCUT2D eigenvalue weighted by Crippen LogP contribution is 2.28. The standard InChI is InChI=1S/C13H19NO3S2/c1-14(13(15)10-7-8-18-9-10)11-5-3-4-6-12(11)19(2,16)17/h7-9,11-12H,3-6H2,1-2H3. The van der Waals surface area contributed by atoms with Crippen LogP contribution >= 0.6 is 11.3 Å². The first-order valence-electron chi connectivity index (χ1n) is 6.39. The lowest BCUT2D eigenvalue weighted by molar-refractivity contribution is 0.0701. The first kappa shape index (κ1) is 14.5. The third-order valence-corrected chi connectivity index (χ3v) is 6.14. The zero-order chi connectivity index (χ0) is 14.0. The summed E-state index contributed by atoms with van der Waals surface area (Å²) < 4.78 is 23.7. The number of carbonyl (C=O) groups excluding carboxylic acids is 1. The fraction of sp³-hybridized carbons (Fsp3) is 0.615. The fourth-order valence-electron chi connectivity index (χ4n) is 2.76. The zero-order valence-corrected chi connectivity index (χ0v) is 12.8. The Bertz CT molecular complexity index is 536. The summed E-state index contributed by atoms with van der Waals surface area (Å²) in [4.78, 5) is 13.9. The van der Waals surface area contributed by atoms with E-state index in [1.807, 2.05) is 5.38 Å². The van der Waals surface area contributed by atoms with Gasteiger partial charge in [-0.3, -0.25) is 4.79 Å². The summed E-state index contributed by atoms with van der Waals surface area (Å²) in [7, 11) is -1.40. The molecule has 4 nitrogen and oxygen atoms in total. The summed E-state index contributed by atoms with van der Waals surface area (Å²) in [5, 5.41) is 3.24. The highest BCUT2D eigenvalue weighted by Gasteiger charge is 2.37. The number of sulfone groups is 1. The SMILES string of the molecule is CN(C(=O)c1ccsc1)C1CCCCC1S(C)(=O)=O. The van der Waals surface area contributed by atoms with Crippen molar-refractivity contribution in [3.05, 3.63) is 22.4 Å². The molecule has 0 radical (unpaired) electrons. The Morgan fingerprint density at radius 1 is 1.37 bits per heavy atom. The van der Waals surface area contributed by atoms with E-state index in [9.17, 15) is 13.2 Å². The van der Waals surface area contributed by atoms with Gasteiger partial charge in [0.05, 0.1) is 10.8 Å². The van der Waals surface area contributed by atoms with Crippen LogP contribution in [0.15, 0.2) is 16.8 Å². The van der Waals surface area contributed by atoms with E-state index in [1.54, 1.807) is 23.4 Å². The van der Waals surface area contributed by atoms with Gasteiger partial charge in [-0.15, -0.1) is 0 Å². The summed E-state index contributed by atoms with van der Waals surface area (Å²) in [6.07, 6.45) is 4.61. The normalized spacial score (nSPS) is 24.1. The van der Waals surface area contributed by atoms with Gasteiger partial charge < -0.3 is 4.90 Å². The van der Waals surface area contributed by atoms with Gasteiger partial charge in [0.15, 0.2) is 9.84 Å². The summed E-state index contributed by atoms with van der Waals surface area (Å²) in [6.45, 7) is 0. The van der Waals surface area contributed by atoms with Crippen LogP contribution in [0.3, 0.4) is 0 Å². The van der Waals surface area contributed by atoms with Crippen molar-refractivity contribution in [2.75, 3.05) is 13.3 Å². The van der Waals surface area contributed by atoms with Crippen molar-refractivity contribution in [3.8, 4) is 0 Å². The molecule has 0 bridgehead atoms. The van der Waals surface area contributed by atoms with E-state index in [4.69, 9.17) is 0 Å². The molecule has 0 saturated heterocycles. The van der Waals surface area contributed by atoms with Gasteiger partial charge in [-0.25, -0.2) is 8.42 Å². The van der Waals surface area contributed by atoms with E-state index in [-0.39, 0.29) is 11.9 Å². The molecule has 1 aliphatic carbocycles. The molecule has 1 saturated carbocycles. The molecule has 6 heteroatoms. The largest absolute Gasteiger partial charge is 0.337 e. The van der Waals surface area contributed by atoms with Gasteiger partial charge in [0, 0.05) is 24.7 Å². The van der Waals surface area contributed by atoms with Crippen LogP contribution in [-0.4, -0.2) is 43.8 Å². The van der Waals surface area contributed by atoms with Gasteiger partial charge in [-0.05, 0) is 24.3 Å². The van der Waals surface area contributed by atoms with Crippen LogP contribution in [0.1, 0.15) is 36.0 Å². The van der Waals surface area contributed by atoms with Crippen LogP contribution in [0.2, 0.25) is 0 Å². The molecule has 1 aromatic rings. The maximum Gasteiger partial charge on any atom is 0.254 e. The Balaban J connectivity index is 2.21. The van der Waals surface area contributed by atoms with Crippen LogP contribution < -0.4 is 0 Å². The Labute approximate surface area is 118 Å². The summed E-state index contributed by atoms with van der Waals surface area (Å²) in [6, 6.07) is 1.58. The Hall–Kier alpha value is -0.880. The van der Waals surface area contributed by atoms with Crippen LogP contribution in [-0.2, 0) is 9.84 Å². The second-order valence-electron chi connectivity index (χ2n) is 5.15. The molecule has 2 unspecified atom stereocenters. The molecule has 106 valence electrons. The molecular formula is C13H19NO3S2. The second kappa shape index (κ2) is 5.63. The van der Waals surface area contributed by atoms with Crippen LogP contribution in [0.25, 0.3) is 0 Å². The number of hydrogen-bond acceptors (Lipinski definition) is 4. The van der Waals surface area contributed by atoms with E-state index in [0.717, 1.165) is 19.3 Å². The second-order valence-corrected chi connectivity index (χ2v) is 8.19. The van der Waals surface area contributed by atoms with E-state index < -0.39 is 15.1 Å². The van der Waals surface area contributed by atoms with E-state index >= 15 is 0 Å². The van der Waals surface area contributed by atoms with Crippen molar-refractivity contribution in [2.24, 2.45) is 0 Å². The molecule has 1 aromatic heterocycles. The summed E-state index contributed by atoms with van der Waals surface area (Å²) in [5.74, 6) is -0.0817. The van der Waals surface area contributed by atoms with Gasteiger partial charge in [0.2, 0.25) is 0 Å². The summed E-state index contributed by atoms with van der Waals surface area (Å²) in [5.41, 5.74) is 0.644. The van der Waals surface area contributed by atoms with Crippen molar-refractivity contribution in [1.29, 1.82) is 0 Å². The molecule has 0 spiro atoms. The lowest BCUT2D eigenvalue weighted by Crippen LogP contribution is -2.49. The minimum absolute atomic E-state index is 0.0817. The zero-order valence-electron chi connectivity index (χ0n) is 11.2. The van der Waals surface area contributed by atoms with Crippen LogP contribution in [0.5, 0.6) is 0 Å². The molecule has 1 heterocycles. The van der Waals surface area contributed by atoms with Gasteiger partial charge in [0.25, 0.3) is 5.91 Å². The van der Waals surface area contributed by atoms with Crippen molar-refractivity contribution in [2.45, 2.75) is 37.0 Å². The Morgan fingerprint density at radius 2 is 2.05 bits per heavy atom. The molecule has 1 aliphatic rings. The number of thiophene rings is 1. The first-order chi connectivity index (χ1) is 8.91. The average Bonchev–Trinajstić information content (AvgIpc) is 2.90. The van der Waals surface area contributed by atoms with E-state index in [0.29, 0.717) is 12.0 Å². The highest BCUT2D eigenvalue weighted by atomic mass is 32.2. The smallest absolute Gasteiger partial charge is 0.254 e. The topological polar surface area (TPSA) is 54.5 Å². The number of nitrogens with zero attached hydrogens (tertiary/aromatic N) is 1. The van der Waals surface area contributed by atoms with Crippen molar-refractivity contribution >= 4 is 27.1 Å². The van der Waals surface area contributed by atoms with Gasteiger partial charge >= 0.3 is 0 Å². The minimum atomic E-state index is -3.11. The van der Waals surface area contributed by atoms with Gasteiger partial charge in [0.1, 0.15) is 0 Å². The molecule has 19 heavy (non-hydrogen) atoms. The maximum atomic E-state index is 12.3. The molecule has 2 rings (SSSR count). The molecule has 0 aromatic carbocycles. The third-order valence-electron chi connectivity index (χ3n) is 3.80. The van der Waals surface area contributed by atoms with E-state index in [1.165, 1.54) is 17.6 Å². The first-order valence-corrected chi connectivity index (χ1v) is 9.29. The fourth-order valence-corrected chi connectivity index (χ4v) is 4.87. The third kappa shape index (κ3) is 3.17. The van der Waals surface area contributed by atoms with Crippen LogP contribution in [0, 0.1) is 0 Å². The highest BCUT2D eigenvalue weighted by molar-refractivity contribution is 7.91. The van der Waals surface area contributed by atoms with Crippen LogP contribution in [0.4, 0.5) is 0 Å². The summed E-state index contributed by atoms with van der Waals surface area (Å²) >= 11 is 1.47. The number of rotatable bonds is 3. The quantitative estimate of drug-likeness (QED) is 0.860. The molecule has 1 fully saturated rings. The van der Waals surface area contributed by atoms with Crippen molar-refractivity contribution in [3.63, 3.8) is 0 Å². The predicted molar refractivity (Wildman–Crippen MR) is 77.3 cm³/mol. The predicted octanol–water partition coefficient (Wildman–Crippen LogP) is 2.18. The molecule has 0 aliphatic heterocycles. The maximum absolute atomic E-state index is 12.3. The molecular weight excluding hydrogens is 282 g/mol. The Kier molecular flexibility index (Phi) is 4.30. The van der Waals surface area contributed by atoms with Gasteiger partial charge in [-0.2, -0.15) is 11.3 Å². The lowest BCUT2D eigenvalue weighted by Gasteiger charge is -2.36.